The smallest absolute Gasteiger partial charge is 0.0591 e. The second-order valence-electron chi connectivity index (χ2n) is 4.94. The topological polar surface area (TPSA) is 47.3 Å². The first-order valence-electron chi connectivity index (χ1n) is 6.98. The molecule has 1 aromatic rings. The quantitative estimate of drug-likeness (QED) is 0.729. The van der Waals surface area contributed by atoms with E-state index < -0.39 is 0 Å². The second kappa shape index (κ2) is 6.88. The largest absolute Gasteiger partial charge is 0.380 e. The summed E-state index contributed by atoms with van der Waals surface area (Å²) in [5, 5.41) is 3.54. The molecule has 0 amide bonds. The maximum atomic E-state index is 6.14. The zero-order valence-corrected chi connectivity index (χ0v) is 11.2. The molecular weight excluding hydrogens is 224 g/mol. The van der Waals surface area contributed by atoms with Crippen LogP contribution in [0.3, 0.4) is 0 Å². The van der Waals surface area contributed by atoms with E-state index in [9.17, 15) is 0 Å². The molecule has 2 atom stereocenters. The molecule has 18 heavy (non-hydrogen) atoms. The van der Waals surface area contributed by atoms with Crippen molar-refractivity contribution in [3.63, 3.8) is 0 Å². The maximum Gasteiger partial charge on any atom is 0.0591 e. The monoisotopic (exact) mass is 248 g/mol. The molecule has 0 saturated carbocycles. The van der Waals surface area contributed by atoms with Gasteiger partial charge in [0.05, 0.1) is 6.61 Å². The van der Waals surface area contributed by atoms with Crippen molar-refractivity contribution in [3.8, 4) is 0 Å². The highest BCUT2D eigenvalue weighted by molar-refractivity contribution is 5.37. The lowest BCUT2D eigenvalue weighted by Gasteiger charge is -2.14. The van der Waals surface area contributed by atoms with Gasteiger partial charge in [0.2, 0.25) is 0 Å². The van der Waals surface area contributed by atoms with E-state index in [0.717, 1.165) is 32.6 Å². The fourth-order valence-corrected chi connectivity index (χ4v) is 2.52. The minimum atomic E-state index is 0.180. The molecule has 0 aliphatic heterocycles. The number of benzene rings is 1. The van der Waals surface area contributed by atoms with Gasteiger partial charge in [-0.05, 0) is 24.0 Å². The van der Waals surface area contributed by atoms with Crippen LogP contribution in [0.1, 0.15) is 49.4 Å². The number of hydrogen-bond acceptors (Lipinski definition) is 3. The maximum absolute atomic E-state index is 6.14. The third-order valence-electron chi connectivity index (χ3n) is 3.54. The van der Waals surface area contributed by atoms with E-state index in [4.69, 9.17) is 10.5 Å². The molecule has 2 unspecified atom stereocenters. The molecule has 0 fully saturated rings. The van der Waals surface area contributed by atoms with Crippen molar-refractivity contribution >= 4 is 0 Å². The number of fused-ring (bicyclic) bond motifs is 1. The van der Waals surface area contributed by atoms with Gasteiger partial charge in [-0.1, -0.05) is 37.6 Å². The summed E-state index contributed by atoms with van der Waals surface area (Å²) in [6, 6.07) is 9.04. The summed E-state index contributed by atoms with van der Waals surface area (Å²) < 4.78 is 5.55. The normalized spacial score (nSPS) is 22.1. The first-order valence-corrected chi connectivity index (χ1v) is 6.98. The summed E-state index contributed by atoms with van der Waals surface area (Å²) in [6.07, 6.45) is 3.34. The Morgan fingerprint density at radius 1 is 1.28 bits per heavy atom. The SMILES string of the molecule is CCCCOCCNC1CC(N)c2ccccc21. The van der Waals surface area contributed by atoms with Crippen LogP contribution in [0.5, 0.6) is 0 Å². The number of unbranched alkanes of at least 4 members (excludes halogenated alkanes) is 1. The highest BCUT2D eigenvalue weighted by Crippen LogP contribution is 2.36. The molecule has 2 rings (SSSR count). The van der Waals surface area contributed by atoms with E-state index in [1.165, 1.54) is 17.5 Å². The molecule has 0 radical (unpaired) electrons. The predicted molar refractivity (Wildman–Crippen MR) is 74.5 cm³/mol. The number of ether oxygens (including phenoxy) is 1. The lowest BCUT2D eigenvalue weighted by atomic mass is 10.1. The van der Waals surface area contributed by atoms with Crippen LogP contribution in [-0.4, -0.2) is 19.8 Å². The summed E-state index contributed by atoms with van der Waals surface area (Å²) in [4.78, 5) is 0. The zero-order chi connectivity index (χ0) is 12.8. The van der Waals surface area contributed by atoms with Gasteiger partial charge < -0.3 is 15.8 Å². The van der Waals surface area contributed by atoms with Crippen LogP contribution >= 0.6 is 0 Å². The van der Waals surface area contributed by atoms with Crippen LogP contribution in [0, 0.1) is 0 Å². The highest BCUT2D eigenvalue weighted by Gasteiger charge is 2.27. The van der Waals surface area contributed by atoms with Gasteiger partial charge in [0.1, 0.15) is 0 Å². The van der Waals surface area contributed by atoms with E-state index in [-0.39, 0.29) is 6.04 Å². The molecule has 0 saturated heterocycles. The lowest BCUT2D eigenvalue weighted by molar-refractivity contribution is 0.130. The van der Waals surface area contributed by atoms with Crippen molar-refractivity contribution in [2.24, 2.45) is 5.73 Å². The van der Waals surface area contributed by atoms with Crippen molar-refractivity contribution in [1.82, 2.24) is 5.32 Å². The highest BCUT2D eigenvalue weighted by atomic mass is 16.5. The van der Waals surface area contributed by atoms with Crippen LogP contribution in [0.25, 0.3) is 0 Å². The second-order valence-corrected chi connectivity index (χ2v) is 4.94. The predicted octanol–water partition coefficient (Wildman–Crippen LogP) is 2.54. The van der Waals surface area contributed by atoms with Gasteiger partial charge in [0, 0.05) is 25.2 Å². The minimum absolute atomic E-state index is 0.180. The van der Waals surface area contributed by atoms with E-state index in [2.05, 4.69) is 36.5 Å². The fourth-order valence-electron chi connectivity index (χ4n) is 2.52. The van der Waals surface area contributed by atoms with Crippen LogP contribution in [0.2, 0.25) is 0 Å². The lowest BCUT2D eigenvalue weighted by Crippen LogP contribution is -2.24. The van der Waals surface area contributed by atoms with Gasteiger partial charge >= 0.3 is 0 Å². The van der Waals surface area contributed by atoms with Gasteiger partial charge in [-0.15, -0.1) is 0 Å². The van der Waals surface area contributed by atoms with Gasteiger partial charge in [-0.25, -0.2) is 0 Å². The van der Waals surface area contributed by atoms with Gasteiger partial charge in [-0.2, -0.15) is 0 Å². The molecule has 3 N–H and O–H groups in total. The van der Waals surface area contributed by atoms with Gasteiger partial charge in [-0.3, -0.25) is 0 Å². The van der Waals surface area contributed by atoms with E-state index in [1.807, 2.05) is 0 Å². The van der Waals surface area contributed by atoms with Gasteiger partial charge in [0.25, 0.3) is 0 Å². The summed E-state index contributed by atoms with van der Waals surface area (Å²) in [5.41, 5.74) is 8.79. The molecule has 0 aromatic heterocycles. The average molecular weight is 248 g/mol. The molecule has 3 nitrogen and oxygen atoms in total. The van der Waals surface area contributed by atoms with Crippen molar-refractivity contribution in [3.05, 3.63) is 35.4 Å². The Kier molecular flexibility index (Phi) is 5.17. The summed E-state index contributed by atoms with van der Waals surface area (Å²) in [6.45, 7) is 4.74. The van der Waals surface area contributed by atoms with E-state index in [1.54, 1.807) is 0 Å². The summed E-state index contributed by atoms with van der Waals surface area (Å²) in [7, 11) is 0. The minimum Gasteiger partial charge on any atom is -0.380 e. The Morgan fingerprint density at radius 2 is 2.06 bits per heavy atom. The fraction of sp³-hybridized carbons (Fsp3) is 0.600. The van der Waals surface area contributed by atoms with E-state index in [0.29, 0.717) is 6.04 Å². The Bertz CT molecular complexity index is 367. The molecular formula is C15H24N2O. The van der Waals surface area contributed by atoms with Crippen molar-refractivity contribution < 1.29 is 4.74 Å². The van der Waals surface area contributed by atoms with Crippen LogP contribution in [-0.2, 0) is 4.74 Å². The third kappa shape index (κ3) is 3.31. The van der Waals surface area contributed by atoms with Crippen molar-refractivity contribution in [1.29, 1.82) is 0 Å². The van der Waals surface area contributed by atoms with E-state index >= 15 is 0 Å². The average Bonchev–Trinajstić information content (AvgIpc) is 2.71. The molecule has 1 aliphatic rings. The zero-order valence-electron chi connectivity index (χ0n) is 11.2. The Balaban J connectivity index is 1.75. The number of rotatable bonds is 7. The first kappa shape index (κ1) is 13.5. The Morgan fingerprint density at radius 3 is 2.83 bits per heavy atom. The van der Waals surface area contributed by atoms with Crippen LogP contribution < -0.4 is 11.1 Å². The van der Waals surface area contributed by atoms with Crippen molar-refractivity contribution in [2.75, 3.05) is 19.8 Å². The van der Waals surface area contributed by atoms with Crippen molar-refractivity contribution in [2.45, 2.75) is 38.3 Å². The summed E-state index contributed by atoms with van der Waals surface area (Å²) >= 11 is 0. The molecule has 0 heterocycles. The molecule has 3 heteroatoms. The summed E-state index contributed by atoms with van der Waals surface area (Å²) in [5.74, 6) is 0. The Labute approximate surface area is 110 Å². The molecule has 1 aromatic carbocycles. The molecule has 1 aliphatic carbocycles. The number of hydrogen-bond donors (Lipinski definition) is 2. The molecule has 0 bridgehead atoms. The van der Waals surface area contributed by atoms with Crippen LogP contribution in [0.4, 0.5) is 0 Å². The number of nitrogens with two attached hydrogens (primary N) is 1. The number of nitrogens with one attached hydrogen (secondary N) is 1. The first-order chi connectivity index (χ1) is 8.83. The standard InChI is InChI=1S/C15H24N2O/c1-2-3-9-18-10-8-17-15-11-14(16)12-6-4-5-7-13(12)15/h4-7,14-15,17H,2-3,8-11,16H2,1H3. The Hall–Kier alpha value is -0.900. The molecule has 0 spiro atoms. The third-order valence-corrected chi connectivity index (χ3v) is 3.54. The van der Waals surface area contributed by atoms with Gasteiger partial charge in [0.15, 0.2) is 0 Å². The van der Waals surface area contributed by atoms with Crippen LogP contribution in [0.15, 0.2) is 24.3 Å². The molecule has 100 valence electrons.